The molecule has 16 heavy (non-hydrogen) atoms. The van der Waals surface area contributed by atoms with E-state index in [9.17, 15) is 0 Å². The van der Waals surface area contributed by atoms with Crippen LogP contribution < -0.4 is 0 Å². The van der Waals surface area contributed by atoms with Crippen molar-refractivity contribution in [2.45, 2.75) is 27.2 Å². The maximum absolute atomic E-state index is 3.70. The number of hydrogen-bond donors (Lipinski definition) is 0. The van der Waals surface area contributed by atoms with Gasteiger partial charge in [-0.05, 0) is 18.9 Å². The van der Waals surface area contributed by atoms with Crippen LogP contribution in [0.4, 0.5) is 0 Å². The molecule has 0 saturated heterocycles. The molecule has 0 fully saturated rings. The van der Waals surface area contributed by atoms with Gasteiger partial charge in [-0.3, -0.25) is 0 Å². The molecule has 0 aliphatic carbocycles. The minimum atomic E-state index is 0.988. The second-order valence-electron chi connectivity index (χ2n) is 3.23. The summed E-state index contributed by atoms with van der Waals surface area (Å²) in [6.45, 7) is 9.74. The van der Waals surface area contributed by atoms with Crippen LogP contribution in [-0.2, 0) is 6.42 Å². The smallest absolute Gasteiger partial charge is 0.00943 e. The molecule has 0 atom stereocenters. The SMILES string of the molecule is C=C/C(C)=C\C=C/Cc1ccccc1.CC. The fraction of sp³-hybridized carbons (Fsp3) is 0.250. The summed E-state index contributed by atoms with van der Waals surface area (Å²) in [5.41, 5.74) is 2.53. The summed E-state index contributed by atoms with van der Waals surface area (Å²) in [7, 11) is 0. The van der Waals surface area contributed by atoms with Crippen LogP contribution in [0.3, 0.4) is 0 Å². The van der Waals surface area contributed by atoms with Gasteiger partial charge in [0.15, 0.2) is 0 Å². The Labute approximate surface area is 100 Å². The predicted octanol–water partition coefficient (Wildman–Crippen LogP) is 4.94. The van der Waals surface area contributed by atoms with Crippen molar-refractivity contribution in [3.05, 3.63) is 72.4 Å². The quantitative estimate of drug-likeness (QED) is 0.622. The summed E-state index contributed by atoms with van der Waals surface area (Å²) in [5, 5.41) is 0. The average Bonchev–Trinajstić information content (AvgIpc) is 2.38. The van der Waals surface area contributed by atoms with Crippen molar-refractivity contribution in [1.29, 1.82) is 0 Å². The van der Waals surface area contributed by atoms with E-state index in [1.54, 1.807) is 0 Å². The molecular weight excluding hydrogens is 192 g/mol. The van der Waals surface area contributed by atoms with Gasteiger partial charge in [0.1, 0.15) is 0 Å². The Hall–Kier alpha value is -1.56. The van der Waals surface area contributed by atoms with E-state index >= 15 is 0 Å². The summed E-state index contributed by atoms with van der Waals surface area (Å²) in [5.74, 6) is 0. The van der Waals surface area contributed by atoms with E-state index in [4.69, 9.17) is 0 Å². The van der Waals surface area contributed by atoms with Crippen LogP contribution in [0.15, 0.2) is 66.8 Å². The van der Waals surface area contributed by atoms with E-state index < -0.39 is 0 Å². The normalized spacial score (nSPS) is 10.8. The third kappa shape index (κ3) is 6.83. The highest BCUT2D eigenvalue weighted by Gasteiger charge is 1.84. The Bertz CT molecular complexity index is 328. The van der Waals surface area contributed by atoms with E-state index in [0.717, 1.165) is 6.42 Å². The van der Waals surface area contributed by atoms with Crippen LogP contribution in [-0.4, -0.2) is 0 Å². The largest absolute Gasteiger partial charge is 0.0988 e. The molecule has 0 unspecified atom stereocenters. The molecule has 0 spiro atoms. The fourth-order valence-electron chi connectivity index (χ4n) is 1.11. The van der Waals surface area contributed by atoms with Gasteiger partial charge in [0.2, 0.25) is 0 Å². The second kappa shape index (κ2) is 9.97. The van der Waals surface area contributed by atoms with Crippen LogP contribution in [0.1, 0.15) is 26.3 Å². The van der Waals surface area contributed by atoms with E-state index in [1.807, 2.05) is 32.9 Å². The molecule has 0 aliphatic heterocycles. The molecule has 0 aliphatic rings. The van der Waals surface area contributed by atoms with Gasteiger partial charge in [-0.25, -0.2) is 0 Å². The van der Waals surface area contributed by atoms with Gasteiger partial charge in [0.25, 0.3) is 0 Å². The molecule has 0 bridgehead atoms. The van der Waals surface area contributed by atoms with E-state index in [0.29, 0.717) is 0 Å². The topological polar surface area (TPSA) is 0 Å². The van der Waals surface area contributed by atoms with Gasteiger partial charge < -0.3 is 0 Å². The molecule has 0 N–H and O–H groups in total. The molecule has 1 aromatic carbocycles. The van der Waals surface area contributed by atoms with Crippen molar-refractivity contribution in [3.8, 4) is 0 Å². The molecule has 0 amide bonds. The first-order valence-electron chi connectivity index (χ1n) is 5.82. The van der Waals surface area contributed by atoms with Crippen molar-refractivity contribution >= 4 is 0 Å². The molecule has 0 saturated carbocycles. The minimum Gasteiger partial charge on any atom is -0.0988 e. The summed E-state index contributed by atoms with van der Waals surface area (Å²) in [6, 6.07) is 10.4. The Kier molecular flexibility index (Phi) is 9.00. The molecule has 0 nitrogen and oxygen atoms in total. The maximum Gasteiger partial charge on any atom is -0.00943 e. The first kappa shape index (κ1) is 14.4. The van der Waals surface area contributed by atoms with E-state index in [-0.39, 0.29) is 0 Å². The summed E-state index contributed by atoms with van der Waals surface area (Å²) in [6.07, 6.45) is 9.14. The Morgan fingerprint density at radius 2 is 1.81 bits per heavy atom. The molecule has 1 aromatic rings. The van der Waals surface area contributed by atoms with Gasteiger partial charge in [-0.15, -0.1) is 0 Å². The Balaban J connectivity index is 0.00000106. The lowest BCUT2D eigenvalue weighted by atomic mass is 10.1. The first-order valence-corrected chi connectivity index (χ1v) is 5.82. The number of benzene rings is 1. The summed E-state index contributed by atoms with van der Waals surface area (Å²) >= 11 is 0. The van der Waals surface area contributed by atoms with E-state index in [2.05, 4.69) is 49.1 Å². The van der Waals surface area contributed by atoms with Crippen LogP contribution in [0.5, 0.6) is 0 Å². The highest BCUT2D eigenvalue weighted by molar-refractivity contribution is 5.22. The minimum absolute atomic E-state index is 0.988. The molecule has 86 valence electrons. The lowest BCUT2D eigenvalue weighted by Crippen LogP contribution is -1.77. The zero-order chi connectivity index (χ0) is 12.2. The van der Waals surface area contributed by atoms with Crippen molar-refractivity contribution in [1.82, 2.24) is 0 Å². The monoisotopic (exact) mass is 214 g/mol. The fourth-order valence-corrected chi connectivity index (χ4v) is 1.11. The van der Waals surface area contributed by atoms with Crippen LogP contribution in [0, 0.1) is 0 Å². The molecule has 0 heterocycles. The Morgan fingerprint density at radius 3 is 2.38 bits per heavy atom. The van der Waals surface area contributed by atoms with Crippen LogP contribution >= 0.6 is 0 Å². The van der Waals surface area contributed by atoms with Crippen LogP contribution in [0.25, 0.3) is 0 Å². The molecule has 1 rings (SSSR count). The predicted molar refractivity (Wildman–Crippen MR) is 74.6 cm³/mol. The number of allylic oxidation sites excluding steroid dienone is 5. The van der Waals surface area contributed by atoms with Crippen LogP contribution in [0.2, 0.25) is 0 Å². The molecule has 0 aromatic heterocycles. The highest BCUT2D eigenvalue weighted by atomic mass is 13.9. The lowest BCUT2D eigenvalue weighted by molar-refractivity contribution is 1.27. The Morgan fingerprint density at radius 1 is 1.19 bits per heavy atom. The van der Waals surface area contributed by atoms with Crippen molar-refractivity contribution in [2.75, 3.05) is 0 Å². The lowest BCUT2D eigenvalue weighted by Gasteiger charge is -1.93. The molecular formula is C16H22. The zero-order valence-electron chi connectivity index (χ0n) is 10.6. The molecule has 0 heteroatoms. The van der Waals surface area contributed by atoms with Gasteiger partial charge in [-0.2, -0.15) is 0 Å². The average molecular weight is 214 g/mol. The third-order valence-corrected chi connectivity index (χ3v) is 2.01. The maximum atomic E-state index is 3.70. The molecule has 0 radical (unpaired) electrons. The summed E-state index contributed by atoms with van der Waals surface area (Å²) in [4.78, 5) is 0. The first-order chi connectivity index (χ1) is 7.83. The van der Waals surface area contributed by atoms with Gasteiger partial charge >= 0.3 is 0 Å². The van der Waals surface area contributed by atoms with Crippen molar-refractivity contribution in [2.24, 2.45) is 0 Å². The number of hydrogen-bond acceptors (Lipinski definition) is 0. The van der Waals surface area contributed by atoms with Crippen molar-refractivity contribution in [3.63, 3.8) is 0 Å². The standard InChI is InChI=1S/C14H16.C2H6/c1-3-13(2)9-7-8-12-14-10-5-4-6-11-14;1-2/h3-11H,1,12H2,2H3;1-2H3/b8-7-,13-9-;. The third-order valence-electron chi connectivity index (χ3n) is 2.01. The van der Waals surface area contributed by atoms with Gasteiger partial charge in [0, 0.05) is 0 Å². The number of rotatable bonds is 4. The zero-order valence-corrected chi connectivity index (χ0v) is 10.6. The van der Waals surface area contributed by atoms with E-state index in [1.165, 1.54) is 11.1 Å². The summed E-state index contributed by atoms with van der Waals surface area (Å²) < 4.78 is 0. The highest BCUT2D eigenvalue weighted by Crippen LogP contribution is 2.00. The second-order valence-corrected chi connectivity index (χ2v) is 3.23. The van der Waals surface area contributed by atoms with Gasteiger partial charge in [-0.1, -0.05) is 80.6 Å². The van der Waals surface area contributed by atoms with Crippen molar-refractivity contribution < 1.29 is 0 Å². The van der Waals surface area contributed by atoms with Gasteiger partial charge in [0.05, 0.1) is 0 Å².